The monoisotopic (exact) mass is 296 g/mol. The number of methoxy groups -OCH3 is 1. The summed E-state index contributed by atoms with van der Waals surface area (Å²) in [6.45, 7) is 13.1. The molecule has 114 valence electrons. The summed E-state index contributed by atoms with van der Waals surface area (Å²) in [5.74, 6) is 3.59. The molecule has 0 spiro atoms. The summed E-state index contributed by atoms with van der Waals surface area (Å²) in [6.07, 6.45) is 2.38. The molecule has 0 radical (unpaired) electrons. The van der Waals surface area contributed by atoms with Gasteiger partial charge in [0.15, 0.2) is 0 Å². The zero-order valence-corrected chi connectivity index (χ0v) is 14.7. The summed E-state index contributed by atoms with van der Waals surface area (Å²) in [5, 5.41) is 3.07. The molecule has 0 aromatic heterocycles. The Labute approximate surface area is 126 Å². The first kappa shape index (κ1) is 16.0. The van der Waals surface area contributed by atoms with Crippen molar-refractivity contribution in [2.45, 2.75) is 65.7 Å². The Balaban J connectivity index is 2.33. The van der Waals surface area contributed by atoms with Crippen LogP contribution in [0, 0.1) is 33.3 Å². The first-order valence-corrected chi connectivity index (χ1v) is 8.72. The predicted octanol–water partition coefficient (Wildman–Crippen LogP) is 3.58. The minimum Gasteiger partial charge on any atom is -0.380 e. The highest BCUT2D eigenvalue weighted by Crippen LogP contribution is 2.67. The van der Waals surface area contributed by atoms with E-state index in [1.807, 2.05) is 0 Å². The lowest BCUT2D eigenvalue weighted by Gasteiger charge is -2.38. The van der Waals surface area contributed by atoms with Crippen LogP contribution < -0.4 is 0 Å². The number of fused-ring (bicyclic) bond motifs is 2. The Kier molecular flexibility index (Phi) is 3.89. The van der Waals surface area contributed by atoms with Gasteiger partial charge in [-0.05, 0) is 50.2 Å². The fourth-order valence-corrected chi connectivity index (χ4v) is 6.10. The van der Waals surface area contributed by atoms with Gasteiger partial charge in [-0.25, -0.2) is 4.21 Å². The molecule has 2 rings (SSSR count). The van der Waals surface area contributed by atoms with Crippen LogP contribution in [0.2, 0.25) is 0 Å². The van der Waals surface area contributed by atoms with Gasteiger partial charge in [0.25, 0.3) is 0 Å². The van der Waals surface area contributed by atoms with Crippen LogP contribution in [0.25, 0.3) is 0 Å². The lowest BCUT2D eigenvalue weighted by atomic mass is 9.70. The van der Waals surface area contributed by atoms with Crippen LogP contribution in [0.4, 0.5) is 0 Å². The molecule has 20 heavy (non-hydrogen) atoms. The third-order valence-electron chi connectivity index (χ3n) is 5.72. The number of ether oxygens (including phenoxy) is 1. The molecule has 2 aliphatic rings. The van der Waals surface area contributed by atoms with E-state index >= 15 is 0 Å². The molecule has 0 saturated heterocycles. The summed E-state index contributed by atoms with van der Waals surface area (Å²) in [5.41, 5.74) is 0.197. The second kappa shape index (κ2) is 4.85. The summed E-state index contributed by atoms with van der Waals surface area (Å²) in [7, 11) is 0.628. The Hall–Kier alpha value is -0.330. The van der Waals surface area contributed by atoms with Gasteiger partial charge < -0.3 is 4.74 Å². The third-order valence-corrected chi connectivity index (χ3v) is 7.10. The van der Waals surface area contributed by atoms with Gasteiger partial charge >= 0.3 is 0 Å². The molecule has 0 amide bonds. The molecule has 0 unspecified atom stereocenters. The van der Waals surface area contributed by atoms with Gasteiger partial charge in [-0.3, -0.25) is 0 Å². The topological polar surface area (TPSA) is 26.3 Å². The van der Waals surface area contributed by atoms with Gasteiger partial charge in [0.2, 0.25) is 0 Å². The van der Waals surface area contributed by atoms with Crippen LogP contribution in [0.5, 0.6) is 0 Å². The van der Waals surface area contributed by atoms with Crippen molar-refractivity contribution in [3.05, 3.63) is 0 Å². The molecule has 0 aromatic rings. The number of hydrogen-bond donors (Lipinski definition) is 0. The molecule has 5 atom stereocenters. The van der Waals surface area contributed by atoms with Crippen molar-refractivity contribution in [3.8, 4) is 11.2 Å². The smallest absolute Gasteiger partial charge is 0.104 e. The largest absolute Gasteiger partial charge is 0.380 e. The van der Waals surface area contributed by atoms with E-state index in [9.17, 15) is 4.21 Å². The lowest BCUT2D eigenvalue weighted by Crippen LogP contribution is -2.42. The maximum Gasteiger partial charge on any atom is 0.104 e. The molecule has 2 aliphatic carbocycles. The molecule has 2 fully saturated rings. The van der Waals surface area contributed by atoms with E-state index in [4.69, 9.17) is 4.74 Å². The standard InChI is InChI=1S/C17H28O2S/c1-15(2,3)10-11-20(18)13-12-8-9-17(6,14(13)19-7)16(12,4)5/h12-14H,8-9H2,1-7H3/t12-,13-,14-,17+,20+/m1/s1. The highest BCUT2D eigenvalue weighted by molar-refractivity contribution is 7.90. The fourth-order valence-electron chi connectivity index (χ4n) is 4.15. The molecule has 2 nitrogen and oxygen atoms in total. The van der Waals surface area contributed by atoms with E-state index < -0.39 is 10.8 Å². The fraction of sp³-hybridized carbons (Fsp3) is 0.882. The van der Waals surface area contributed by atoms with Gasteiger partial charge in [0.05, 0.1) is 11.4 Å². The summed E-state index contributed by atoms with van der Waals surface area (Å²) in [6, 6.07) is 0. The van der Waals surface area contributed by atoms with E-state index in [1.165, 1.54) is 6.42 Å². The maximum atomic E-state index is 12.7. The van der Waals surface area contributed by atoms with Crippen molar-refractivity contribution in [2.24, 2.45) is 22.2 Å². The average molecular weight is 296 g/mol. The zero-order valence-electron chi connectivity index (χ0n) is 13.9. The summed E-state index contributed by atoms with van der Waals surface area (Å²) in [4.78, 5) is 0. The van der Waals surface area contributed by atoms with Gasteiger partial charge in [-0.1, -0.05) is 26.7 Å². The van der Waals surface area contributed by atoms with E-state index in [0.29, 0.717) is 5.92 Å². The first-order valence-electron chi connectivity index (χ1n) is 7.51. The Morgan fingerprint density at radius 2 is 1.85 bits per heavy atom. The van der Waals surface area contributed by atoms with Gasteiger partial charge in [0.1, 0.15) is 10.8 Å². The second-order valence-corrected chi connectivity index (χ2v) is 9.52. The first-order chi connectivity index (χ1) is 9.04. The van der Waals surface area contributed by atoms with E-state index in [0.717, 1.165) is 6.42 Å². The molecule has 0 aromatic carbocycles. The third kappa shape index (κ3) is 2.25. The predicted molar refractivity (Wildman–Crippen MR) is 84.6 cm³/mol. The minimum atomic E-state index is -1.13. The highest BCUT2D eigenvalue weighted by Gasteiger charge is 2.67. The van der Waals surface area contributed by atoms with Crippen LogP contribution in [0.1, 0.15) is 54.4 Å². The van der Waals surface area contributed by atoms with Gasteiger partial charge in [-0.15, -0.1) is 0 Å². The van der Waals surface area contributed by atoms with Crippen LogP contribution in [-0.4, -0.2) is 22.7 Å². The Morgan fingerprint density at radius 3 is 2.35 bits per heavy atom. The van der Waals surface area contributed by atoms with Crippen LogP contribution in [0.3, 0.4) is 0 Å². The molecular weight excluding hydrogens is 268 g/mol. The highest BCUT2D eigenvalue weighted by atomic mass is 32.2. The molecule has 2 bridgehead atoms. The second-order valence-electron chi connectivity index (χ2n) is 8.18. The van der Waals surface area contributed by atoms with E-state index in [1.54, 1.807) is 7.11 Å². The summed E-state index contributed by atoms with van der Waals surface area (Å²) >= 11 is 0. The van der Waals surface area contributed by atoms with Crippen molar-refractivity contribution in [2.75, 3.05) is 7.11 Å². The van der Waals surface area contributed by atoms with Crippen molar-refractivity contribution < 1.29 is 8.95 Å². The molecular formula is C17H28O2S. The van der Waals surface area contributed by atoms with E-state index in [-0.39, 0.29) is 27.6 Å². The number of hydrogen-bond acceptors (Lipinski definition) is 2. The number of rotatable bonds is 2. The molecule has 0 heterocycles. The van der Waals surface area contributed by atoms with Crippen molar-refractivity contribution >= 4 is 10.8 Å². The van der Waals surface area contributed by atoms with Gasteiger partial charge in [0, 0.05) is 17.9 Å². The normalized spacial score (nSPS) is 40.2. The van der Waals surface area contributed by atoms with Gasteiger partial charge in [-0.2, -0.15) is 0 Å². The minimum absolute atomic E-state index is 0.0589. The summed E-state index contributed by atoms with van der Waals surface area (Å²) < 4.78 is 18.5. The van der Waals surface area contributed by atoms with Crippen LogP contribution >= 0.6 is 0 Å². The Morgan fingerprint density at radius 1 is 1.25 bits per heavy atom. The molecule has 0 aliphatic heterocycles. The SMILES string of the molecule is CO[C@@H]1[C@H]([S@@](=O)C#CC(C)(C)C)[C@H]2CC[C@]1(C)C2(C)C. The Bertz CT molecular complexity index is 477. The van der Waals surface area contributed by atoms with Crippen molar-refractivity contribution in [3.63, 3.8) is 0 Å². The lowest BCUT2D eigenvalue weighted by molar-refractivity contribution is -0.0180. The quantitative estimate of drug-likeness (QED) is 0.728. The molecule has 2 saturated carbocycles. The van der Waals surface area contributed by atoms with Crippen LogP contribution in [-0.2, 0) is 15.5 Å². The molecule has 0 N–H and O–H groups in total. The van der Waals surface area contributed by atoms with Crippen LogP contribution in [0.15, 0.2) is 0 Å². The van der Waals surface area contributed by atoms with Crippen molar-refractivity contribution in [1.29, 1.82) is 0 Å². The van der Waals surface area contributed by atoms with E-state index in [2.05, 4.69) is 52.7 Å². The van der Waals surface area contributed by atoms with Crippen molar-refractivity contribution in [1.82, 2.24) is 0 Å². The zero-order chi connectivity index (χ0) is 15.3. The maximum absolute atomic E-state index is 12.7. The molecule has 3 heteroatoms. The average Bonchev–Trinajstić information content (AvgIpc) is 2.64.